The zero-order valence-electron chi connectivity index (χ0n) is 12.0. The summed E-state index contributed by atoms with van der Waals surface area (Å²) >= 11 is 1.29. The van der Waals surface area contributed by atoms with Crippen LogP contribution in [0.15, 0.2) is 33.9 Å². The van der Waals surface area contributed by atoms with Gasteiger partial charge < -0.3 is 4.74 Å². The van der Waals surface area contributed by atoms with Crippen molar-refractivity contribution >= 4 is 27.0 Å². The highest BCUT2D eigenvalue weighted by Gasteiger charge is 2.32. The molecule has 1 aliphatic carbocycles. The lowest BCUT2D eigenvalue weighted by atomic mass is 10.1. The van der Waals surface area contributed by atoms with Crippen molar-refractivity contribution in [1.29, 1.82) is 0 Å². The van der Waals surface area contributed by atoms with E-state index in [0.29, 0.717) is 28.2 Å². The number of anilines is 1. The molecule has 1 fully saturated rings. The van der Waals surface area contributed by atoms with Crippen molar-refractivity contribution in [2.45, 2.75) is 35.8 Å². The molecule has 1 N–H and O–H groups in total. The summed E-state index contributed by atoms with van der Waals surface area (Å²) in [7, 11) is -3.55. The Bertz CT molecular complexity index is 807. The van der Waals surface area contributed by atoms with Crippen LogP contribution in [0.25, 0.3) is 0 Å². The summed E-state index contributed by atoms with van der Waals surface area (Å²) in [5.74, 6) is 1.10. The number of thiophene rings is 1. The van der Waals surface area contributed by atoms with Crippen LogP contribution in [0.2, 0.25) is 0 Å². The molecular weight excluding hydrogens is 318 g/mol. The maximum atomic E-state index is 12.7. The number of hydrogen-bond donors (Lipinski definition) is 1. The number of hydrogen-bond acceptors (Lipinski definition) is 4. The number of para-hydroxylation sites is 1. The number of fused-ring (bicyclic) bond motifs is 1. The molecule has 2 heterocycles. The van der Waals surface area contributed by atoms with Crippen LogP contribution >= 0.6 is 11.3 Å². The lowest BCUT2D eigenvalue weighted by Gasteiger charge is -2.20. The van der Waals surface area contributed by atoms with Crippen LogP contribution in [0.1, 0.15) is 36.3 Å². The molecule has 116 valence electrons. The van der Waals surface area contributed by atoms with Gasteiger partial charge in [0.15, 0.2) is 0 Å². The molecule has 0 unspecified atom stereocenters. The molecular formula is C16H17NO3S2. The third kappa shape index (κ3) is 2.50. The molecule has 1 aliphatic heterocycles. The van der Waals surface area contributed by atoms with Crippen molar-refractivity contribution in [2.75, 3.05) is 11.3 Å². The average molecular weight is 335 g/mol. The van der Waals surface area contributed by atoms with E-state index in [9.17, 15) is 8.42 Å². The normalized spacial score (nSPS) is 17.6. The second kappa shape index (κ2) is 5.28. The van der Waals surface area contributed by atoms with Gasteiger partial charge in [-0.15, -0.1) is 11.3 Å². The lowest BCUT2D eigenvalue weighted by molar-refractivity contribution is 0.290. The van der Waals surface area contributed by atoms with Crippen molar-refractivity contribution in [2.24, 2.45) is 0 Å². The molecule has 0 bridgehead atoms. The fourth-order valence-corrected chi connectivity index (χ4v) is 5.48. The summed E-state index contributed by atoms with van der Waals surface area (Å²) in [5, 5.41) is 1.86. The standard InChI is InChI=1S/C16H17NO3S2/c18-22(19,16-13(8-10-21-16)11-6-7-11)17-14-5-1-3-12-4-2-9-20-15(12)14/h1,3,5,8,10-11,17H,2,4,6-7,9H2. The van der Waals surface area contributed by atoms with E-state index in [4.69, 9.17) is 4.74 Å². The Balaban J connectivity index is 1.69. The molecule has 0 atom stereocenters. The van der Waals surface area contributed by atoms with Gasteiger partial charge in [0.2, 0.25) is 0 Å². The quantitative estimate of drug-likeness (QED) is 0.926. The highest BCUT2D eigenvalue weighted by Crippen LogP contribution is 2.45. The van der Waals surface area contributed by atoms with Crippen LogP contribution in [0.3, 0.4) is 0 Å². The van der Waals surface area contributed by atoms with Crippen LogP contribution in [0.4, 0.5) is 5.69 Å². The van der Waals surface area contributed by atoms with E-state index in [1.807, 2.05) is 23.6 Å². The van der Waals surface area contributed by atoms with Gasteiger partial charge in [-0.3, -0.25) is 4.72 Å². The molecule has 22 heavy (non-hydrogen) atoms. The molecule has 2 aliphatic rings. The minimum atomic E-state index is -3.55. The van der Waals surface area contributed by atoms with Gasteiger partial charge in [-0.25, -0.2) is 8.42 Å². The monoisotopic (exact) mass is 335 g/mol. The molecule has 6 heteroatoms. The number of ether oxygens (including phenoxy) is 1. The first-order valence-electron chi connectivity index (χ1n) is 7.50. The third-order valence-corrected chi connectivity index (χ3v) is 6.98. The second-order valence-electron chi connectivity index (χ2n) is 5.79. The number of nitrogens with one attached hydrogen (secondary N) is 1. The number of benzene rings is 1. The van der Waals surface area contributed by atoms with E-state index >= 15 is 0 Å². The Morgan fingerprint density at radius 1 is 1.23 bits per heavy atom. The molecule has 0 saturated heterocycles. The highest BCUT2D eigenvalue weighted by molar-refractivity contribution is 7.94. The summed E-state index contributed by atoms with van der Waals surface area (Å²) in [6.07, 6.45) is 4.07. The van der Waals surface area contributed by atoms with Gasteiger partial charge in [0.05, 0.1) is 12.3 Å². The molecule has 4 rings (SSSR count). The minimum absolute atomic E-state index is 0.416. The Kier molecular flexibility index (Phi) is 3.38. The topological polar surface area (TPSA) is 55.4 Å². The average Bonchev–Trinajstić information content (AvgIpc) is 3.23. The highest BCUT2D eigenvalue weighted by atomic mass is 32.2. The SMILES string of the molecule is O=S(=O)(Nc1cccc2c1OCCC2)c1sccc1C1CC1. The van der Waals surface area contributed by atoms with Crippen molar-refractivity contribution in [1.82, 2.24) is 0 Å². The first kappa shape index (κ1) is 14.1. The fourth-order valence-electron chi connectivity index (χ4n) is 2.88. The molecule has 1 aromatic heterocycles. The van der Waals surface area contributed by atoms with Gasteiger partial charge in [-0.1, -0.05) is 12.1 Å². The van der Waals surface area contributed by atoms with Crippen molar-refractivity contribution < 1.29 is 13.2 Å². The summed E-state index contributed by atoms with van der Waals surface area (Å²) < 4.78 is 34.4. The van der Waals surface area contributed by atoms with E-state index in [1.54, 1.807) is 6.07 Å². The van der Waals surface area contributed by atoms with Gasteiger partial charge in [-0.2, -0.15) is 0 Å². The van der Waals surface area contributed by atoms with Crippen LogP contribution in [0, 0.1) is 0 Å². The molecule has 0 amide bonds. The number of aryl methyl sites for hydroxylation is 1. The van der Waals surface area contributed by atoms with Crippen molar-refractivity contribution in [3.63, 3.8) is 0 Å². The predicted molar refractivity (Wildman–Crippen MR) is 87.4 cm³/mol. The minimum Gasteiger partial charge on any atom is -0.491 e. The van der Waals surface area contributed by atoms with Crippen LogP contribution in [-0.4, -0.2) is 15.0 Å². The van der Waals surface area contributed by atoms with E-state index in [-0.39, 0.29) is 0 Å². The van der Waals surface area contributed by atoms with Gasteiger partial charge in [0, 0.05) is 0 Å². The molecule has 0 radical (unpaired) electrons. The second-order valence-corrected chi connectivity index (χ2v) is 8.58. The van der Waals surface area contributed by atoms with E-state index < -0.39 is 10.0 Å². The fraction of sp³-hybridized carbons (Fsp3) is 0.375. The molecule has 0 spiro atoms. The van der Waals surface area contributed by atoms with Crippen molar-refractivity contribution in [3.05, 3.63) is 40.8 Å². The van der Waals surface area contributed by atoms with Crippen LogP contribution in [-0.2, 0) is 16.4 Å². The largest absolute Gasteiger partial charge is 0.491 e. The van der Waals surface area contributed by atoms with Gasteiger partial charge in [-0.05, 0) is 60.2 Å². The Labute approximate surface area is 134 Å². The van der Waals surface area contributed by atoms with E-state index in [2.05, 4.69) is 4.72 Å². The molecule has 2 aromatic rings. The smallest absolute Gasteiger partial charge is 0.271 e. The summed E-state index contributed by atoms with van der Waals surface area (Å²) in [5.41, 5.74) is 2.58. The Hall–Kier alpha value is -1.53. The maximum absolute atomic E-state index is 12.7. The van der Waals surface area contributed by atoms with Crippen molar-refractivity contribution in [3.8, 4) is 5.75 Å². The zero-order valence-corrected chi connectivity index (χ0v) is 13.7. The summed E-state index contributed by atoms with van der Waals surface area (Å²) in [6, 6.07) is 7.58. The van der Waals surface area contributed by atoms with Gasteiger partial charge in [0.1, 0.15) is 9.96 Å². The zero-order chi connectivity index (χ0) is 15.2. The predicted octanol–water partition coefficient (Wildman–Crippen LogP) is 3.75. The lowest BCUT2D eigenvalue weighted by Crippen LogP contribution is -2.16. The summed E-state index contributed by atoms with van der Waals surface area (Å²) in [4.78, 5) is 0. The Morgan fingerprint density at radius 3 is 2.91 bits per heavy atom. The van der Waals surface area contributed by atoms with Crippen LogP contribution in [0.5, 0.6) is 5.75 Å². The first-order valence-corrected chi connectivity index (χ1v) is 9.86. The van der Waals surface area contributed by atoms with Gasteiger partial charge in [0.25, 0.3) is 10.0 Å². The first-order chi connectivity index (χ1) is 10.6. The molecule has 1 saturated carbocycles. The summed E-state index contributed by atoms with van der Waals surface area (Å²) in [6.45, 7) is 0.637. The number of rotatable bonds is 4. The number of sulfonamides is 1. The Morgan fingerprint density at radius 2 is 2.09 bits per heavy atom. The molecule has 4 nitrogen and oxygen atoms in total. The third-order valence-electron chi connectivity index (χ3n) is 4.10. The van der Waals surface area contributed by atoms with E-state index in [1.165, 1.54) is 11.3 Å². The molecule has 1 aromatic carbocycles. The maximum Gasteiger partial charge on any atom is 0.271 e. The van der Waals surface area contributed by atoms with Gasteiger partial charge >= 0.3 is 0 Å². The van der Waals surface area contributed by atoms with Crippen LogP contribution < -0.4 is 9.46 Å². The van der Waals surface area contributed by atoms with E-state index in [0.717, 1.165) is 36.8 Å².